The molecule has 1 atom stereocenters. The zero-order chi connectivity index (χ0) is 12.7. The van der Waals surface area contributed by atoms with Crippen LogP contribution in [-0.4, -0.2) is 30.9 Å². The highest BCUT2D eigenvalue weighted by Crippen LogP contribution is 2.05. The van der Waals surface area contributed by atoms with E-state index in [2.05, 4.69) is 4.98 Å². The molecule has 1 rings (SSSR count). The molecular formula is C12H20N2O2S. The third kappa shape index (κ3) is 5.79. The van der Waals surface area contributed by atoms with Crippen molar-refractivity contribution in [2.45, 2.75) is 32.2 Å². The Balaban J connectivity index is 2.29. The van der Waals surface area contributed by atoms with Gasteiger partial charge in [0, 0.05) is 30.1 Å². The van der Waals surface area contributed by atoms with E-state index in [-0.39, 0.29) is 17.5 Å². The molecule has 0 spiro atoms. The van der Waals surface area contributed by atoms with Crippen LogP contribution in [0.5, 0.6) is 0 Å². The zero-order valence-corrected chi connectivity index (χ0v) is 11.0. The lowest BCUT2D eigenvalue weighted by atomic mass is 10.1. The van der Waals surface area contributed by atoms with Crippen LogP contribution in [-0.2, 0) is 16.3 Å². The van der Waals surface area contributed by atoms with E-state index < -0.39 is 9.84 Å². The zero-order valence-electron chi connectivity index (χ0n) is 10.2. The second-order valence-electron chi connectivity index (χ2n) is 4.16. The summed E-state index contributed by atoms with van der Waals surface area (Å²) in [5.74, 6) is 0.446. The molecule has 0 saturated heterocycles. The van der Waals surface area contributed by atoms with E-state index in [1.54, 1.807) is 13.1 Å². The predicted molar refractivity (Wildman–Crippen MR) is 69.5 cm³/mol. The van der Waals surface area contributed by atoms with Crippen LogP contribution in [0.3, 0.4) is 0 Å². The molecule has 0 radical (unpaired) electrons. The molecule has 0 saturated carbocycles. The fraction of sp³-hybridized carbons (Fsp3) is 0.583. The molecule has 0 fully saturated rings. The van der Waals surface area contributed by atoms with Gasteiger partial charge in [0.15, 0.2) is 0 Å². The maximum atomic E-state index is 11.3. The highest BCUT2D eigenvalue weighted by atomic mass is 32.2. The molecule has 0 aromatic carbocycles. The van der Waals surface area contributed by atoms with E-state index in [1.807, 2.05) is 18.2 Å². The summed E-state index contributed by atoms with van der Waals surface area (Å²) in [5.41, 5.74) is 6.90. The Kier molecular flexibility index (Phi) is 5.58. The first-order chi connectivity index (χ1) is 8.03. The van der Waals surface area contributed by atoms with E-state index in [0.717, 1.165) is 12.1 Å². The Bertz CT molecular complexity index is 417. The molecule has 1 unspecified atom stereocenters. The summed E-state index contributed by atoms with van der Waals surface area (Å²) in [7, 11) is -2.86. The summed E-state index contributed by atoms with van der Waals surface area (Å²) >= 11 is 0. The molecule has 17 heavy (non-hydrogen) atoms. The molecule has 0 aliphatic carbocycles. The van der Waals surface area contributed by atoms with Gasteiger partial charge in [0.05, 0.1) is 5.75 Å². The van der Waals surface area contributed by atoms with Crippen LogP contribution < -0.4 is 5.73 Å². The minimum absolute atomic E-state index is 0.0167. The largest absolute Gasteiger partial charge is 0.327 e. The number of aromatic nitrogens is 1. The summed E-state index contributed by atoms with van der Waals surface area (Å²) in [6, 6.07) is 5.71. The minimum Gasteiger partial charge on any atom is -0.327 e. The maximum absolute atomic E-state index is 11.3. The van der Waals surface area contributed by atoms with E-state index >= 15 is 0 Å². The van der Waals surface area contributed by atoms with Gasteiger partial charge in [-0.05, 0) is 25.0 Å². The van der Waals surface area contributed by atoms with Crippen molar-refractivity contribution in [2.24, 2.45) is 5.73 Å². The fourth-order valence-electron chi connectivity index (χ4n) is 1.60. The Hall–Kier alpha value is -0.940. The first kappa shape index (κ1) is 14.1. The van der Waals surface area contributed by atoms with Gasteiger partial charge in [-0.25, -0.2) is 8.42 Å². The molecule has 5 heteroatoms. The summed E-state index contributed by atoms with van der Waals surface area (Å²) in [5, 5.41) is 0. The van der Waals surface area contributed by atoms with Crippen molar-refractivity contribution in [1.82, 2.24) is 4.98 Å². The third-order valence-corrected chi connectivity index (χ3v) is 4.46. The first-order valence-corrected chi connectivity index (χ1v) is 7.71. The lowest BCUT2D eigenvalue weighted by Gasteiger charge is -2.10. The van der Waals surface area contributed by atoms with Crippen molar-refractivity contribution in [3.63, 3.8) is 0 Å². The average Bonchev–Trinajstić information content (AvgIpc) is 2.30. The molecule has 2 N–H and O–H groups in total. The third-order valence-electron chi connectivity index (χ3n) is 2.67. The second-order valence-corrected chi connectivity index (χ2v) is 6.64. The Labute approximate surface area is 103 Å². The van der Waals surface area contributed by atoms with Crippen LogP contribution in [0.15, 0.2) is 24.4 Å². The van der Waals surface area contributed by atoms with Crippen molar-refractivity contribution in [2.75, 3.05) is 11.5 Å². The number of hydrogen-bond donors (Lipinski definition) is 1. The topological polar surface area (TPSA) is 73.0 Å². The molecule has 1 heterocycles. The van der Waals surface area contributed by atoms with Crippen molar-refractivity contribution in [1.29, 1.82) is 0 Å². The number of sulfone groups is 1. The summed E-state index contributed by atoms with van der Waals surface area (Å²) < 4.78 is 22.6. The van der Waals surface area contributed by atoms with Crippen LogP contribution in [0.1, 0.15) is 25.5 Å². The molecule has 0 aliphatic rings. The Morgan fingerprint density at radius 2 is 2.18 bits per heavy atom. The summed E-state index contributed by atoms with van der Waals surface area (Å²) in [6.45, 7) is 1.67. The standard InChI is InChI=1S/C12H20N2O2S/c1-2-17(15,16)9-5-6-11(13)10-12-7-3-4-8-14-12/h3-4,7-8,11H,2,5-6,9-10,13H2,1H3. The molecule has 0 aliphatic heterocycles. The van der Waals surface area contributed by atoms with Crippen molar-refractivity contribution in [3.05, 3.63) is 30.1 Å². The average molecular weight is 256 g/mol. The molecule has 1 aromatic rings. The van der Waals surface area contributed by atoms with Crippen molar-refractivity contribution >= 4 is 9.84 Å². The van der Waals surface area contributed by atoms with Gasteiger partial charge in [-0.3, -0.25) is 4.98 Å². The molecule has 4 nitrogen and oxygen atoms in total. The monoisotopic (exact) mass is 256 g/mol. The molecule has 1 aromatic heterocycles. The quantitative estimate of drug-likeness (QED) is 0.794. The lowest BCUT2D eigenvalue weighted by Crippen LogP contribution is -2.24. The van der Waals surface area contributed by atoms with Crippen LogP contribution in [0.4, 0.5) is 0 Å². The van der Waals surface area contributed by atoms with Gasteiger partial charge in [-0.2, -0.15) is 0 Å². The van der Waals surface area contributed by atoms with E-state index in [9.17, 15) is 8.42 Å². The minimum atomic E-state index is -2.86. The molecule has 0 bridgehead atoms. The lowest BCUT2D eigenvalue weighted by molar-refractivity contribution is 0.572. The van der Waals surface area contributed by atoms with Gasteiger partial charge in [0.25, 0.3) is 0 Å². The van der Waals surface area contributed by atoms with Gasteiger partial charge in [0.2, 0.25) is 0 Å². The molecular weight excluding hydrogens is 236 g/mol. The van der Waals surface area contributed by atoms with Gasteiger partial charge >= 0.3 is 0 Å². The fourth-order valence-corrected chi connectivity index (χ4v) is 2.49. The van der Waals surface area contributed by atoms with Gasteiger partial charge < -0.3 is 5.73 Å². The molecule has 0 amide bonds. The van der Waals surface area contributed by atoms with Crippen LogP contribution in [0, 0.1) is 0 Å². The van der Waals surface area contributed by atoms with Crippen molar-refractivity contribution < 1.29 is 8.42 Å². The summed E-state index contributed by atoms with van der Waals surface area (Å²) in [6.07, 6.45) is 3.79. The van der Waals surface area contributed by atoms with Crippen LogP contribution >= 0.6 is 0 Å². The maximum Gasteiger partial charge on any atom is 0.150 e. The van der Waals surface area contributed by atoms with Gasteiger partial charge in [-0.15, -0.1) is 0 Å². The number of pyridine rings is 1. The van der Waals surface area contributed by atoms with Crippen molar-refractivity contribution in [3.8, 4) is 0 Å². The number of hydrogen-bond acceptors (Lipinski definition) is 4. The Morgan fingerprint density at radius 1 is 1.41 bits per heavy atom. The second kappa shape index (κ2) is 6.71. The van der Waals surface area contributed by atoms with Gasteiger partial charge in [0.1, 0.15) is 9.84 Å². The number of nitrogens with zero attached hydrogens (tertiary/aromatic N) is 1. The highest BCUT2D eigenvalue weighted by molar-refractivity contribution is 7.91. The summed E-state index contributed by atoms with van der Waals surface area (Å²) in [4.78, 5) is 4.19. The van der Waals surface area contributed by atoms with Crippen LogP contribution in [0.25, 0.3) is 0 Å². The SMILES string of the molecule is CCS(=O)(=O)CCCC(N)Cc1ccccn1. The molecule has 96 valence electrons. The van der Waals surface area contributed by atoms with Crippen LogP contribution in [0.2, 0.25) is 0 Å². The van der Waals surface area contributed by atoms with Gasteiger partial charge in [-0.1, -0.05) is 13.0 Å². The van der Waals surface area contributed by atoms with E-state index in [4.69, 9.17) is 5.73 Å². The number of rotatable bonds is 7. The van der Waals surface area contributed by atoms with E-state index in [1.165, 1.54) is 0 Å². The Morgan fingerprint density at radius 3 is 2.76 bits per heavy atom. The predicted octanol–water partition coefficient (Wildman–Crippen LogP) is 1.17. The normalized spacial score (nSPS) is 13.5. The number of nitrogens with two attached hydrogens (primary N) is 1. The first-order valence-electron chi connectivity index (χ1n) is 5.89. The van der Waals surface area contributed by atoms with E-state index in [0.29, 0.717) is 12.8 Å². The highest BCUT2D eigenvalue weighted by Gasteiger charge is 2.10. The smallest absolute Gasteiger partial charge is 0.150 e.